The maximum absolute atomic E-state index is 13.3. The molecule has 4 rings (SSSR count). The van der Waals surface area contributed by atoms with Crippen molar-refractivity contribution in [2.24, 2.45) is 0 Å². The molecular weight excluding hydrogens is 446 g/mol. The molecule has 1 amide bonds. The monoisotopic (exact) mass is 457 g/mol. The number of hydrogen-bond donors (Lipinski definition) is 0. The third-order valence-electron chi connectivity index (χ3n) is 3.95. The summed E-state index contributed by atoms with van der Waals surface area (Å²) in [7, 11) is 0. The summed E-state index contributed by atoms with van der Waals surface area (Å²) in [5.41, 5.74) is 2.33. The number of anilines is 1. The topological polar surface area (TPSA) is 46.1 Å². The van der Waals surface area contributed by atoms with E-state index in [2.05, 4.69) is 25.9 Å². The van der Waals surface area contributed by atoms with Crippen LogP contribution in [0, 0.1) is 0 Å². The average Bonchev–Trinajstić information content (AvgIpc) is 3.09. The highest BCUT2D eigenvalue weighted by molar-refractivity contribution is 9.10. The average molecular weight is 459 g/mol. The molecule has 0 bridgehead atoms. The maximum Gasteiger partial charge on any atom is 0.260 e. The number of pyridine rings is 1. The maximum atomic E-state index is 13.3. The van der Waals surface area contributed by atoms with Crippen molar-refractivity contribution in [3.8, 4) is 0 Å². The second-order valence-electron chi connectivity index (χ2n) is 5.87. The largest absolute Gasteiger partial charge is 0.279 e. The van der Waals surface area contributed by atoms with Crippen molar-refractivity contribution in [2.45, 2.75) is 6.54 Å². The van der Waals surface area contributed by atoms with Gasteiger partial charge in [-0.05, 0) is 48.0 Å². The van der Waals surface area contributed by atoms with E-state index in [4.69, 9.17) is 11.6 Å². The van der Waals surface area contributed by atoms with Gasteiger partial charge in [-0.1, -0.05) is 51.0 Å². The molecule has 0 unspecified atom stereocenters. The minimum Gasteiger partial charge on any atom is -0.279 e. The van der Waals surface area contributed by atoms with Gasteiger partial charge in [0.25, 0.3) is 5.91 Å². The molecule has 0 atom stereocenters. The fraction of sp³-hybridized carbons (Fsp3) is 0.0500. The molecule has 4 nitrogen and oxygen atoms in total. The summed E-state index contributed by atoms with van der Waals surface area (Å²) < 4.78 is 1.79. The van der Waals surface area contributed by atoms with Crippen molar-refractivity contribution in [1.82, 2.24) is 9.97 Å². The number of amides is 1. The minimum absolute atomic E-state index is 0.120. The van der Waals surface area contributed by atoms with Gasteiger partial charge in [0, 0.05) is 27.5 Å². The first kappa shape index (κ1) is 18.1. The lowest BCUT2D eigenvalue weighted by molar-refractivity contribution is 0.0985. The molecule has 27 heavy (non-hydrogen) atoms. The quantitative estimate of drug-likeness (QED) is 0.379. The summed E-state index contributed by atoms with van der Waals surface area (Å²) in [6.07, 6.45) is 3.47. The second kappa shape index (κ2) is 7.76. The van der Waals surface area contributed by atoms with Crippen molar-refractivity contribution < 1.29 is 4.79 Å². The summed E-state index contributed by atoms with van der Waals surface area (Å²) >= 11 is 11.0. The lowest BCUT2D eigenvalue weighted by atomic mass is 10.2. The van der Waals surface area contributed by atoms with Crippen molar-refractivity contribution in [3.63, 3.8) is 0 Å². The van der Waals surface area contributed by atoms with Gasteiger partial charge in [-0.3, -0.25) is 14.7 Å². The van der Waals surface area contributed by atoms with E-state index in [9.17, 15) is 4.79 Å². The molecule has 0 N–H and O–H groups in total. The number of nitrogens with zero attached hydrogens (tertiary/aromatic N) is 3. The fourth-order valence-corrected chi connectivity index (χ4v) is 4.32. The summed E-state index contributed by atoms with van der Waals surface area (Å²) in [6, 6.07) is 16.7. The van der Waals surface area contributed by atoms with Crippen LogP contribution in [0.2, 0.25) is 5.02 Å². The van der Waals surface area contributed by atoms with Crippen molar-refractivity contribution >= 4 is 60.1 Å². The van der Waals surface area contributed by atoms with Crippen LogP contribution in [0.15, 0.2) is 71.5 Å². The van der Waals surface area contributed by atoms with Crippen molar-refractivity contribution in [1.29, 1.82) is 0 Å². The van der Waals surface area contributed by atoms with Crippen molar-refractivity contribution in [2.75, 3.05) is 4.90 Å². The molecule has 0 aliphatic carbocycles. The highest BCUT2D eigenvalue weighted by atomic mass is 79.9. The number of thiazole rings is 1. The van der Waals surface area contributed by atoms with Crippen LogP contribution in [-0.4, -0.2) is 15.9 Å². The van der Waals surface area contributed by atoms with Gasteiger partial charge in [0.1, 0.15) is 0 Å². The highest BCUT2D eigenvalue weighted by Gasteiger charge is 2.22. The number of fused-ring (bicyclic) bond motifs is 1. The summed E-state index contributed by atoms with van der Waals surface area (Å²) in [4.78, 5) is 23.8. The Morgan fingerprint density at radius 3 is 2.81 bits per heavy atom. The fourth-order valence-electron chi connectivity index (χ4n) is 2.68. The van der Waals surface area contributed by atoms with Gasteiger partial charge >= 0.3 is 0 Å². The molecular formula is C20H13BrClN3OS. The molecule has 0 spiro atoms. The van der Waals surface area contributed by atoms with Crippen LogP contribution >= 0.6 is 38.9 Å². The van der Waals surface area contributed by atoms with Crippen LogP contribution in [0.25, 0.3) is 10.2 Å². The molecule has 0 aliphatic heterocycles. The number of carbonyl (C=O) groups is 1. The third-order valence-corrected chi connectivity index (χ3v) is 5.72. The first-order chi connectivity index (χ1) is 13.1. The minimum atomic E-state index is -0.120. The molecule has 7 heteroatoms. The molecule has 0 saturated carbocycles. The Balaban J connectivity index is 1.77. The van der Waals surface area contributed by atoms with E-state index in [1.165, 1.54) is 11.3 Å². The van der Waals surface area contributed by atoms with Crippen LogP contribution < -0.4 is 4.90 Å². The lowest BCUT2D eigenvalue weighted by Gasteiger charge is -2.20. The summed E-state index contributed by atoms with van der Waals surface area (Å²) in [5.74, 6) is -0.120. The predicted molar refractivity (Wildman–Crippen MR) is 114 cm³/mol. The van der Waals surface area contributed by atoms with Crippen LogP contribution in [0.5, 0.6) is 0 Å². The van der Waals surface area contributed by atoms with E-state index in [0.29, 0.717) is 22.3 Å². The van der Waals surface area contributed by atoms with Crippen LogP contribution in [0.4, 0.5) is 5.13 Å². The predicted octanol–water partition coefficient (Wildman–Crippen LogP) is 5.95. The lowest BCUT2D eigenvalue weighted by Crippen LogP contribution is -2.30. The van der Waals surface area contributed by atoms with E-state index in [-0.39, 0.29) is 5.91 Å². The number of carbonyl (C=O) groups excluding carboxylic acids is 1. The number of rotatable bonds is 4. The van der Waals surface area contributed by atoms with E-state index < -0.39 is 0 Å². The molecule has 0 radical (unpaired) electrons. The van der Waals surface area contributed by atoms with E-state index >= 15 is 0 Å². The molecule has 2 heterocycles. The normalized spacial score (nSPS) is 10.9. The van der Waals surface area contributed by atoms with Gasteiger partial charge in [-0.25, -0.2) is 4.98 Å². The Morgan fingerprint density at radius 1 is 1.15 bits per heavy atom. The first-order valence-corrected chi connectivity index (χ1v) is 10.1. The van der Waals surface area contributed by atoms with Crippen molar-refractivity contribution in [3.05, 3.63) is 87.6 Å². The number of halogens is 2. The van der Waals surface area contributed by atoms with Crippen LogP contribution in [0.1, 0.15) is 15.9 Å². The van der Waals surface area contributed by atoms with Gasteiger partial charge < -0.3 is 0 Å². The van der Waals surface area contributed by atoms with Gasteiger partial charge in [-0.15, -0.1) is 0 Å². The zero-order valence-electron chi connectivity index (χ0n) is 14.0. The van der Waals surface area contributed by atoms with Crippen LogP contribution in [0.3, 0.4) is 0 Å². The van der Waals surface area contributed by atoms with E-state index in [1.54, 1.807) is 29.4 Å². The highest BCUT2D eigenvalue weighted by Crippen LogP contribution is 2.32. The molecule has 2 aromatic heterocycles. The molecule has 2 aromatic carbocycles. The Morgan fingerprint density at radius 2 is 2.04 bits per heavy atom. The Hall–Kier alpha value is -2.28. The molecule has 4 aromatic rings. The zero-order chi connectivity index (χ0) is 18.8. The van der Waals surface area contributed by atoms with E-state index in [1.807, 2.05) is 42.5 Å². The van der Waals surface area contributed by atoms with E-state index in [0.717, 1.165) is 20.3 Å². The van der Waals surface area contributed by atoms with Gasteiger partial charge in [0.05, 0.1) is 16.8 Å². The second-order valence-corrected chi connectivity index (χ2v) is 8.23. The van der Waals surface area contributed by atoms with Gasteiger partial charge in [-0.2, -0.15) is 0 Å². The smallest absolute Gasteiger partial charge is 0.260 e. The Kier molecular flexibility index (Phi) is 5.20. The first-order valence-electron chi connectivity index (χ1n) is 8.12. The molecule has 134 valence electrons. The van der Waals surface area contributed by atoms with Crippen LogP contribution in [-0.2, 0) is 6.54 Å². The Labute approximate surface area is 173 Å². The molecule has 0 fully saturated rings. The Bertz CT molecular complexity index is 1120. The SMILES string of the molecule is O=C(c1cccc(Br)c1)N(Cc1cccnc1)c1nc2ccc(Cl)cc2s1. The standard InChI is InChI=1S/C20H13BrClN3OS/c21-15-5-1-4-14(9-15)19(26)25(12-13-3-2-8-23-11-13)20-24-17-7-6-16(22)10-18(17)27-20/h1-11H,12H2. The number of benzene rings is 2. The number of hydrogen-bond acceptors (Lipinski definition) is 4. The zero-order valence-corrected chi connectivity index (χ0v) is 17.1. The van der Waals surface area contributed by atoms with Gasteiger partial charge in [0.2, 0.25) is 0 Å². The summed E-state index contributed by atoms with van der Waals surface area (Å²) in [5, 5.41) is 1.27. The van der Waals surface area contributed by atoms with Gasteiger partial charge in [0.15, 0.2) is 5.13 Å². The molecule has 0 aliphatic rings. The number of aromatic nitrogens is 2. The molecule has 0 saturated heterocycles. The summed E-state index contributed by atoms with van der Waals surface area (Å²) in [6.45, 7) is 0.382. The third kappa shape index (κ3) is 4.03.